The van der Waals surface area contributed by atoms with Crippen molar-refractivity contribution in [2.45, 2.75) is 45.6 Å². The molecule has 0 bridgehead atoms. The highest BCUT2D eigenvalue weighted by Gasteiger charge is 2.27. The lowest BCUT2D eigenvalue weighted by Crippen LogP contribution is -2.48. The average molecular weight is 284 g/mol. The summed E-state index contributed by atoms with van der Waals surface area (Å²) in [5, 5.41) is 11.6. The predicted octanol–water partition coefficient (Wildman–Crippen LogP) is 0.860. The van der Waals surface area contributed by atoms with Gasteiger partial charge >= 0.3 is 5.97 Å². The van der Waals surface area contributed by atoms with Crippen LogP contribution in [0.4, 0.5) is 0 Å². The topological polar surface area (TPSA) is 86.7 Å². The van der Waals surface area contributed by atoms with Crippen LogP contribution in [0.15, 0.2) is 0 Å². The van der Waals surface area contributed by atoms with Gasteiger partial charge in [0.15, 0.2) is 0 Å². The van der Waals surface area contributed by atoms with E-state index in [0.717, 1.165) is 25.7 Å². The summed E-state index contributed by atoms with van der Waals surface area (Å²) in [6.45, 7) is 3.32. The Labute approximate surface area is 119 Å². The Kier molecular flexibility index (Phi) is 5.98. The minimum atomic E-state index is -0.938. The molecule has 1 saturated carbocycles. The summed E-state index contributed by atoms with van der Waals surface area (Å²) < 4.78 is 0. The van der Waals surface area contributed by atoms with Crippen LogP contribution in [0.1, 0.15) is 39.5 Å². The molecule has 0 aliphatic heterocycles. The van der Waals surface area contributed by atoms with E-state index < -0.39 is 17.9 Å². The van der Waals surface area contributed by atoms with Gasteiger partial charge in [0.25, 0.3) is 0 Å². The van der Waals surface area contributed by atoms with Gasteiger partial charge in [0, 0.05) is 19.5 Å². The molecule has 2 amide bonds. The standard InChI is InChI=1S/C14H24N2O4/c1-9(14(19)20)8-16(3)13(18)10(2)15-12(17)11-6-4-5-7-11/h9-11H,4-8H2,1-3H3,(H,15,17)(H,19,20). The van der Waals surface area contributed by atoms with Gasteiger partial charge in [0.05, 0.1) is 5.92 Å². The molecule has 6 heteroatoms. The van der Waals surface area contributed by atoms with Crippen molar-refractivity contribution in [1.29, 1.82) is 0 Å². The van der Waals surface area contributed by atoms with E-state index in [-0.39, 0.29) is 24.3 Å². The quantitative estimate of drug-likeness (QED) is 0.757. The molecule has 1 aliphatic carbocycles. The number of aliphatic carboxylic acids is 1. The number of nitrogens with one attached hydrogen (secondary N) is 1. The molecule has 0 aromatic carbocycles. The molecule has 0 spiro atoms. The van der Waals surface area contributed by atoms with Crippen LogP contribution in [0.2, 0.25) is 0 Å². The highest BCUT2D eigenvalue weighted by Crippen LogP contribution is 2.24. The third kappa shape index (κ3) is 4.51. The second-order valence-corrected chi connectivity index (χ2v) is 5.67. The van der Waals surface area contributed by atoms with Gasteiger partial charge in [-0.3, -0.25) is 14.4 Å². The third-order valence-corrected chi connectivity index (χ3v) is 3.80. The van der Waals surface area contributed by atoms with Crippen LogP contribution in [-0.2, 0) is 14.4 Å². The largest absolute Gasteiger partial charge is 0.481 e. The fourth-order valence-corrected chi connectivity index (χ4v) is 2.49. The number of carbonyl (C=O) groups excluding carboxylic acids is 2. The molecule has 20 heavy (non-hydrogen) atoms. The first-order valence-electron chi connectivity index (χ1n) is 7.11. The normalized spacial score (nSPS) is 18.4. The van der Waals surface area contributed by atoms with Gasteiger partial charge in [-0.1, -0.05) is 19.8 Å². The molecule has 114 valence electrons. The Morgan fingerprint density at radius 2 is 1.80 bits per heavy atom. The number of hydrogen-bond donors (Lipinski definition) is 2. The number of carboxylic acid groups (broad SMARTS) is 1. The average Bonchev–Trinajstić information content (AvgIpc) is 2.91. The van der Waals surface area contributed by atoms with Crippen molar-refractivity contribution in [3.63, 3.8) is 0 Å². The van der Waals surface area contributed by atoms with Crippen LogP contribution in [-0.4, -0.2) is 47.4 Å². The van der Waals surface area contributed by atoms with Crippen molar-refractivity contribution in [3.05, 3.63) is 0 Å². The number of likely N-dealkylation sites (N-methyl/N-ethyl adjacent to an activating group) is 1. The van der Waals surface area contributed by atoms with Crippen molar-refractivity contribution in [1.82, 2.24) is 10.2 Å². The van der Waals surface area contributed by atoms with E-state index in [2.05, 4.69) is 5.32 Å². The van der Waals surface area contributed by atoms with E-state index in [4.69, 9.17) is 5.11 Å². The monoisotopic (exact) mass is 284 g/mol. The van der Waals surface area contributed by atoms with Gasteiger partial charge in [0.1, 0.15) is 6.04 Å². The van der Waals surface area contributed by atoms with E-state index in [9.17, 15) is 14.4 Å². The molecule has 0 heterocycles. The molecule has 2 atom stereocenters. The molecule has 0 radical (unpaired) electrons. The number of carboxylic acids is 1. The highest BCUT2D eigenvalue weighted by atomic mass is 16.4. The van der Waals surface area contributed by atoms with E-state index in [1.54, 1.807) is 20.9 Å². The maximum Gasteiger partial charge on any atom is 0.308 e. The predicted molar refractivity (Wildman–Crippen MR) is 74.0 cm³/mol. The smallest absolute Gasteiger partial charge is 0.308 e. The third-order valence-electron chi connectivity index (χ3n) is 3.80. The first-order chi connectivity index (χ1) is 9.32. The summed E-state index contributed by atoms with van der Waals surface area (Å²) in [6, 6.07) is -0.617. The summed E-state index contributed by atoms with van der Waals surface area (Å²) in [5.41, 5.74) is 0. The number of rotatable bonds is 6. The van der Waals surface area contributed by atoms with Crippen LogP contribution < -0.4 is 5.32 Å². The first-order valence-corrected chi connectivity index (χ1v) is 7.11. The molecule has 1 rings (SSSR count). The van der Waals surface area contributed by atoms with Crippen LogP contribution in [0.5, 0.6) is 0 Å². The first kappa shape index (κ1) is 16.5. The lowest BCUT2D eigenvalue weighted by molar-refractivity contribution is -0.143. The van der Waals surface area contributed by atoms with E-state index >= 15 is 0 Å². The Morgan fingerprint density at radius 3 is 2.30 bits per heavy atom. The Balaban J connectivity index is 2.44. The van der Waals surface area contributed by atoms with Crippen molar-refractivity contribution < 1.29 is 19.5 Å². The molecular weight excluding hydrogens is 260 g/mol. The summed E-state index contributed by atoms with van der Waals surface area (Å²) in [6.07, 6.45) is 3.91. The van der Waals surface area contributed by atoms with Gasteiger partial charge < -0.3 is 15.3 Å². The van der Waals surface area contributed by atoms with Crippen molar-refractivity contribution in [2.75, 3.05) is 13.6 Å². The Morgan fingerprint density at radius 1 is 1.25 bits per heavy atom. The fraction of sp³-hybridized carbons (Fsp3) is 0.786. The van der Waals surface area contributed by atoms with Crippen molar-refractivity contribution in [2.24, 2.45) is 11.8 Å². The molecular formula is C14H24N2O4. The maximum atomic E-state index is 12.1. The fourth-order valence-electron chi connectivity index (χ4n) is 2.49. The Hall–Kier alpha value is -1.59. The molecule has 1 fully saturated rings. The second-order valence-electron chi connectivity index (χ2n) is 5.67. The van der Waals surface area contributed by atoms with Gasteiger partial charge in [-0.2, -0.15) is 0 Å². The van der Waals surface area contributed by atoms with Gasteiger partial charge in [-0.25, -0.2) is 0 Å². The molecule has 0 saturated heterocycles. The molecule has 1 aliphatic rings. The summed E-state index contributed by atoms with van der Waals surface area (Å²) in [7, 11) is 1.56. The van der Waals surface area contributed by atoms with Gasteiger partial charge in [-0.15, -0.1) is 0 Å². The van der Waals surface area contributed by atoms with Crippen LogP contribution in [0.3, 0.4) is 0 Å². The van der Waals surface area contributed by atoms with Gasteiger partial charge in [0.2, 0.25) is 11.8 Å². The van der Waals surface area contributed by atoms with E-state index in [1.807, 2.05) is 0 Å². The zero-order valence-corrected chi connectivity index (χ0v) is 12.4. The van der Waals surface area contributed by atoms with Crippen LogP contribution in [0, 0.1) is 11.8 Å². The minimum absolute atomic E-state index is 0.0218. The SMILES string of the molecule is CC(CN(C)C(=O)C(C)NC(=O)C1CCCC1)C(=O)O. The molecule has 2 N–H and O–H groups in total. The zero-order chi connectivity index (χ0) is 15.3. The maximum absolute atomic E-state index is 12.1. The Bertz CT molecular complexity index is 377. The lowest BCUT2D eigenvalue weighted by Gasteiger charge is -2.24. The number of amides is 2. The van der Waals surface area contributed by atoms with Crippen molar-refractivity contribution in [3.8, 4) is 0 Å². The molecule has 0 aromatic heterocycles. The summed E-state index contributed by atoms with van der Waals surface area (Å²) in [4.78, 5) is 36.1. The minimum Gasteiger partial charge on any atom is -0.481 e. The lowest BCUT2D eigenvalue weighted by atomic mass is 10.1. The number of carbonyl (C=O) groups is 3. The molecule has 2 unspecified atom stereocenters. The molecule has 6 nitrogen and oxygen atoms in total. The summed E-state index contributed by atoms with van der Waals surface area (Å²) in [5.74, 6) is -1.87. The highest BCUT2D eigenvalue weighted by molar-refractivity contribution is 5.88. The number of nitrogens with zero attached hydrogens (tertiary/aromatic N) is 1. The van der Waals surface area contributed by atoms with Crippen LogP contribution in [0.25, 0.3) is 0 Å². The second kappa shape index (κ2) is 7.26. The molecule has 0 aromatic rings. The van der Waals surface area contributed by atoms with Crippen LogP contribution >= 0.6 is 0 Å². The zero-order valence-electron chi connectivity index (χ0n) is 12.4. The van der Waals surface area contributed by atoms with Gasteiger partial charge in [-0.05, 0) is 19.8 Å². The van der Waals surface area contributed by atoms with E-state index in [1.165, 1.54) is 4.90 Å². The number of hydrogen-bond acceptors (Lipinski definition) is 3. The van der Waals surface area contributed by atoms with E-state index in [0.29, 0.717) is 0 Å². The van der Waals surface area contributed by atoms with Crippen molar-refractivity contribution >= 4 is 17.8 Å². The summed E-state index contributed by atoms with van der Waals surface area (Å²) >= 11 is 0.